The summed E-state index contributed by atoms with van der Waals surface area (Å²) in [5.41, 5.74) is 1.89. The molecule has 144 valence electrons. The van der Waals surface area contributed by atoms with Crippen LogP contribution < -0.4 is 15.0 Å². The topological polar surface area (TPSA) is 41.6 Å². The highest BCUT2D eigenvalue weighted by molar-refractivity contribution is 5.94. The van der Waals surface area contributed by atoms with Gasteiger partial charge in [-0.05, 0) is 55.0 Å². The summed E-state index contributed by atoms with van der Waals surface area (Å²) >= 11 is 0. The van der Waals surface area contributed by atoms with E-state index in [-0.39, 0.29) is 5.91 Å². The third kappa shape index (κ3) is 4.28. The second-order valence-corrected chi connectivity index (χ2v) is 7.18. The predicted molar refractivity (Wildman–Crippen MR) is 114 cm³/mol. The quantitative estimate of drug-likeness (QED) is 0.639. The van der Waals surface area contributed by atoms with Crippen molar-refractivity contribution in [2.24, 2.45) is 0 Å². The highest BCUT2D eigenvalue weighted by atomic mass is 16.5. The lowest BCUT2D eigenvalue weighted by atomic mass is 10.1. The van der Waals surface area contributed by atoms with E-state index in [0.717, 1.165) is 29.6 Å². The molecular weight excluding hydrogens is 348 g/mol. The second-order valence-electron chi connectivity index (χ2n) is 7.18. The number of ether oxygens (including phenoxy) is 1. The summed E-state index contributed by atoms with van der Waals surface area (Å²) in [4.78, 5) is 14.8. The van der Waals surface area contributed by atoms with Crippen molar-refractivity contribution < 1.29 is 9.53 Å². The van der Waals surface area contributed by atoms with E-state index in [2.05, 4.69) is 22.3 Å². The number of carbonyl (C=O) groups excluding carboxylic acids is 1. The van der Waals surface area contributed by atoms with Crippen molar-refractivity contribution in [2.75, 3.05) is 31.1 Å². The van der Waals surface area contributed by atoms with Gasteiger partial charge in [0.25, 0.3) is 5.91 Å². The lowest BCUT2D eigenvalue weighted by Crippen LogP contribution is -2.30. The first-order valence-electron chi connectivity index (χ1n) is 10.0. The molecule has 0 saturated carbocycles. The number of benzene rings is 3. The van der Waals surface area contributed by atoms with Gasteiger partial charge in [-0.25, -0.2) is 0 Å². The molecule has 1 saturated heterocycles. The molecule has 1 heterocycles. The molecule has 1 fully saturated rings. The number of nitrogens with zero attached hydrogens (tertiary/aromatic N) is 1. The molecule has 1 N–H and O–H groups in total. The minimum atomic E-state index is -0.0632. The number of anilines is 1. The van der Waals surface area contributed by atoms with Gasteiger partial charge >= 0.3 is 0 Å². The second kappa shape index (κ2) is 8.79. The summed E-state index contributed by atoms with van der Waals surface area (Å²) in [6.45, 7) is 3.12. The van der Waals surface area contributed by atoms with Crippen LogP contribution in [0.25, 0.3) is 10.8 Å². The molecule has 4 rings (SSSR count). The summed E-state index contributed by atoms with van der Waals surface area (Å²) in [5.74, 6) is 0.782. The minimum Gasteiger partial charge on any atom is -0.491 e. The van der Waals surface area contributed by atoms with Gasteiger partial charge in [0, 0.05) is 29.7 Å². The highest BCUT2D eigenvalue weighted by Gasteiger charge is 2.12. The normalized spacial score (nSPS) is 14.1. The van der Waals surface area contributed by atoms with Gasteiger partial charge in [0.05, 0.1) is 6.54 Å². The SMILES string of the molecule is O=C(NCCOc1cccc2ccccc12)c1ccc(N2CCCCC2)cc1. The zero-order valence-corrected chi connectivity index (χ0v) is 16.1. The zero-order valence-electron chi connectivity index (χ0n) is 16.1. The Labute approximate surface area is 166 Å². The minimum absolute atomic E-state index is 0.0632. The van der Waals surface area contributed by atoms with Gasteiger partial charge < -0.3 is 15.0 Å². The van der Waals surface area contributed by atoms with Gasteiger partial charge in [-0.3, -0.25) is 4.79 Å². The number of rotatable bonds is 6. The number of amides is 1. The summed E-state index contributed by atoms with van der Waals surface area (Å²) in [7, 11) is 0. The zero-order chi connectivity index (χ0) is 19.2. The van der Waals surface area contributed by atoms with Gasteiger partial charge in [-0.1, -0.05) is 36.4 Å². The summed E-state index contributed by atoms with van der Waals surface area (Å²) in [6.07, 6.45) is 3.82. The largest absolute Gasteiger partial charge is 0.491 e. The third-order valence-electron chi connectivity index (χ3n) is 5.25. The van der Waals surface area contributed by atoms with E-state index >= 15 is 0 Å². The summed E-state index contributed by atoms with van der Waals surface area (Å²) < 4.78 is 5.88. The van der Waals surface area contributed by atoms with Crippen molar-refractivity contribution in [1.29, 1.82) is 0 Å². The lowest BCUT2D eigenvalue weighted by molar-refractivity contribution is 0.0947. The fourth-order valence-corrected chi connectivity index (χ4v) is 3.72. The van der Waals surface area contributed by atoms with Crippen LogP contribution in [-0.4, -0.2) is 32.1 Å². The number of carbonyl (C=O) groups is 1. The Bertz CT molecular complexity index is 925. The van der Waals surface area contributed by atoms with Crippen LogP contribution in [0.15, 0.2) is 66.7 Å². The fourth-order valence-electron chi connectivity index (χ4n) is 3.72. The van der Waals surface area contributed by atoms with Gasteiger partial charge in [-0.2, -0.15) is 0 Å². The van der Waals surface area contributed by atoms with Gasteiger partial charge in [0.2, 0.25) is 0 Å². The fraction of sp³-hybridized carbons (Fsp3) is 0.292. The van der Waals surface area contributed by atoms with Crippen LogP contribution in [0.2, 0.25) is 0 Å². The van der Waals surface area contributed by atoms with Crippen LogP contribution in [-0.2, 0) is 0 Å². The van der Waals surface area contributed by atoms with E-state index < -0.39 is 0 Å². The van der Waals surface area contributed by atoms with Crippen molar-refractivity contribution in [3.05, 3.63) is 72.3 Å². The van der Waals surface area contributed by atoms with Crippen LogP contribution in [0, 0.1) is 0 Å². The molecule has 1 aliphatic rings. The molecule has 1 amide bonds. The molecule has 0 spiro atoms. The Morgan fingerprint density at radius 3 is 2.46 bits per heavy atom. The maximum absolute atomic E-state index is 12.4. The summed E-state index contributed by atoms with van der Waals surface area (Å²) in [5, 5.41) is 5.18. The molecular formula is C24H26N2O2. The van der Waals surface area contributed by atoms with Crippen molar-refractivity contribution in [2.45, 2.75) is 19.3 Å². The molecule has 28 heavy (non-hydrogen) atoms. The Morgan fingerprint density at radius 2 is 1.64 bits per heavy atom. The molecule has 4 heteroatoms. The van der Waals surface area contributed by atoms with Crippen LogP contribution in [0.3, 0.4) is 0 Å². The molecule has 0 unspecified atom stereocenters. The first kappa shape index (κ1) is 18.4. The first-order chi connectivity index (χ1) is 13.8. The standard InChI is InChI=1S/C24H26N2O2/c27-24(20-11-13-21(14-12-20)26-16-4-1-5-17-26)25-15-18-28-23-10-6-8-19-7-2-3-9-22(19)23/h2-3,6-14H,1,4-5,15-18H2,(H,25,27). The van der Waals surface area contributed by atoms with Crippen LogP contribution in [0.1, 0.15) is 29.6 Å². The van der Waals surface area contributed by atoms with Crippen LogP contribution in [0.5, 0.6) is 5.75 Å². The maximum Gasteiger partial charge on any atom is 0.251 e. The Morgan fingerprint density at radius 1 is 0.893 bits per heavy atom. The van der Waals surface area contributed by atoms with E-state index in [1.807, 2.05) is 54.6 Å². The van der Waals surface area contributed by atoms with Gasteiger partial charge in [0.15, 0.2) is 0 Å². The van der Waals surface area contributed by atoms with Gasteiger partial charge in [0.1, 0.15) is 12.4 Å². The maximum atomic E-state index is 12.4. The van der Waals surface area contributed by atoms with Crippen molar-refractivity contribution in [3.8, 4) is 5.75 Å². The molecule has 3 aromatic carbocycles. The van der Waals surface area contributed by atoms with E-state index in [9.17, 15) is 4.79 Å². The molecule has 0 atom stereocenters. The number of fused-ring (bicyclic) bond motifs is 1. The average molecular weight is 374 g/mol. The Kier molecular flexibility index (Phi) is 5.76. The molecule has 3 aromatic rings. The number of nitrogens with one attached hydrogen (secondary N) is 1. The lowest BCUT2D eigenvalue weighted by Gasteiger charge is -2.28. The molecule has 0 aromatic heterocycles. The number of hydrogen-bond donors (Lipinski definition) is 1. The van der Waals surface area contributed by atoms with Gasteiger partial charge in [-0.15, -0.1) is 0 Å². The molecule has 4 nitrogen and oxygen atoms in total. The van der Waals surface area contributed by atoms with Crippen molar-refractivity contribution in [1.82, 2.24) is 5.32 Å². The van der Waals surface area contributed by atoms with E-state index in [4.69, 9.17) is 4.74 Å². The highest BCUT2D eigenvalue weighted by Crippen LogP contribution is 2.25. The van der Waals surface area contributed by atoms with Crippen LogP contribution in [0.4, 0.5) is 5.69 Å². The van der Waals surface area contributed by atoms with E-state index in [0.29, 0.717) is 18.7 Å². The Balaban J connectivity index is 1.28. The predicted octanol–water partition coefficient (Wildman–Crippen LogP) is 4.64. The van der Waals surface area contributed by atoms with E-state index in [1.165, 1.54) is 24.9 Å². The Hall–Kier alpha value is -3.01. The van der Waals surface area contributed by atoms with Crippen LogP contribution >= 0.6 is 0 Å². The first-order valence-corrected chi connectivity index (χ1v) is 10.0. The summed E-state index contributed by atoms with van der Waals surface area (Å²) in [6, 6.07) is 22.1. The molecule has 0 bridgehead atoms. The smallest absolute Gasteiger partial charge is 0.251 e. The molecule has 0 aliphatic carbocycles. The monoisotopic (exact) mass is 374 g/mol. The molecule has 1 aliphatic heterocycles. The van der Waals surface area contributed by atoms with E-state index in [1.54, 1.807) is 0 Å². The number of piperidine rings is 1. The number of hydrogen-bond acceptors (Lipinski definition) is 3. The average Bonchev–Trinajstić information content (AvgIpc) is 2.77. The van der Waals surface area contributed by atoms with Crippen molar-refractivity contribution in [3.63, 3.8) is 0 Å². The third-order valence-corrected chi connectivity index (χ3v) is 5.25. The van der Waals surface area contributed by atoms with Crippen molar-refractivity contribution >= 4 is 22.4 Å². The molecule has 0 radical (unpaired) electrons.